The Labute approximate surface area is 79.5 Å². The van der Waals surface area contributed by atoms with Crippen LogP contribution in [0.15, 0.2) is 12.3 Å². The molecule has 0 unspecified atom stereocenters. The molecule has 0 saturated carbocycles. The molecule has 13 heavy (non-hydrogen) atoms. The Bertz CT molecular complexity index is 242. The molecule has 4 heteroatoms. The van der Waals surface area contributed by atoms with Gasteiger partial charge in [0.2, 0.25) is 0 Å². The van der Waals surface area contributed by atoms with E-state index >= 15 is 0 Å². The molecule has 0 atom stereocenters. The van der Waals surface area contributed by atoms with Crippen LogP contribution in [0.25, 0.3) is 0 Å². The normalized spacial score (nSPS) is 11.1. The minimum Gasteiger partial charge on any atom is -0.310 e. The van der Waals surface area contributed by atoms with E-state index in [0.717, 1.165) is 25.3 Å². The maximum atomic E-state index is 4.27. The zero-order valence-corrected chi connectivity index (χ0v) is 8.62. The lowest BCUT2D eigenvalue weighted by atomic mass is 10.4. The van der Waals surface area contributed by atoms with Crippen molar-refractivity contribution in [3.05, 3.63) is 18.0 Å². The molecule has 0 fully saturated rings. The van der Waals surface area contributed by atoms with Crippen molar-refractivity contribution in [2.75, 3.05) is 27.2 Å². The largest absolute Gasteiger partial charge is 0.310 e. The van der Waals surface area contributed by atoms with Crippen molar-refractivity contribution < 1.29 is 0 Å². The first kappa shape index (κ1) is 10.2. The van der Waals surface area contributed by atoms with Crippen LogP contribution in [-0.2, 0) is 13.6 Å². The molecule has 4 nitrogen and oxygen atoms in total. The van der Waals surface area contributed by atoms with Crippen LogP contribution in [-0.4, -0.2) is 41.9 Å². The van der Waals surface area contributed by atoms with Gasteiger partial charge in [0, 0.05) is 32.9 Å². The fraction of sp³-hybridized carbons (Fsp3) is 0.667. The van der Waals surface area contributed by atoms with Gasteiger partial charge in [-0.25, -0.2) is 0 Å². The second-order valence-electron chi connectivity index (χ2n) is 3.46. The van der Waals surface area contributed by atoms with Crippen molar-refractivity contribution >= 4 is 0 Å². The van der Waals surface area contributed by atoms with Gasteiger partial charge in [0.1, 0.15) is 0 Å². The standard InChI is InChI=1S/C9H18N4/c1-12(2)7-5-10-8-9-4-6-13(3)11-9/h4,6,10H,5,7-8H2,1-3H3. The average molecular weight is 182 g/mol. The van der Waals surface area contributed by atoms with E-state index in [2.05, 4.69) is 29.4 Å². The van der Waals surface area contributed by atoms with Gasteiger partial charge in [-0.3, -0.25) is 4.68 Å². The summed E-state index contributed by atoms with van der Waals surface area (Å²) in [5, 5.41) is 7.60. The van der Waals surface area contributed by atoms with E-state index in [1.807, 2.05) is 24.0 Å². The Kier molecular flexibility index (Phi) is 3.92. The minimum absolute atomic E-state index is 0.856. The van der Waals surface area contributed by atoms with Crippen LogP contribution in [0.4, 0.5) is 0 Å². The lowest BCUT2D eigenvalue weighted by Crippen LogP contribution is -2.26. The molecular formula is C9H18N4. The molecule has 0 amide bonds. The summed E-state index contributed by atoms with van der Waals surface area (Å²) in [6.45, 7) is 2.92. The molecule has 0 bridgehead atoms. The van der Waals surface area contributed by atoms with Crippen molar-refractivity contribution in [1.82, 2.24) is 20.0 Å². The molecule has 0 saturated heterocycles. The molecule has 1 rings (SSSR count). The minimum atomic E-state index is 0.856. The highest BCUT2D eigenvalue weighted by atomic mass is 15.3. The Balaban J connectivity index is 2.13. The van der Waals surface area contributed by atoms with Gasteiger partial charge >= 0.3 is 0 Å². The molecule has 0 aliphatic heterocycles. The summed E-state index contributed by atoms with van der Waals surface area (Å²) in [5.74, 6) is 0. The van der Waals surface area contributed by atoms with Gasteiger partial charge in [0.05, 0.1) is 5.69 Å². The highest BCUT2D eigenvalue weighted by Crippen LogP contribution is 1.91. The third kappa shape index (κ3) is 4.05. The zero-order chi connectivity index (χ0) is 9.68. The van der Waals surface area contributed by atoms with Gasteiger partial charge in [0.25, 0.3) is 0 Å². The molecule has 1 heterocycles. The predicted octanol–water partition coefficient (Wildman–Crippen LogP) is 0.0713. The second kappa shape index (κ2) is 4.99. The maximum Gasteiger partial charge on any atom is 0.0762 e. The van der Waals surface area contributed by atoms with E-state index in [1.54, 1.807) is 0 Å². The molecule has 0 spiro atoms. The third-order valence-electron chi connectivity index (χ3n) is 1.81. The Hall–Kier alpha value is -0.870. The van der Waals surface area contributed by atoms with E-state index in [0.29, 0.717) is 0 Å². The Morgan fingerprint density at radius 1 is 1.54 bits per heavy atom. The number of aryl methyl sites for hydroxylation is 1. The fourth-order valence-electron chi connectivity index (χ4n) is 1.08. The highest BCUT2D eigenvalue weighted by Gasteiger charge is 1.95. The molecule has 1 aromatic rings. The summed E-state index contributed by atoms with van der Waals surface area (Å²) in [7, 11) is 6.08. The van der Waals surface area contributed by atoms with Crippen molar-refractivity contribution in [1.29, 1.82) is 0 Å². The first-order valence-electron chi connectivity index (χ1n) is 4.52. The van der Waals surface area contributed by atoms with Crippen LogP contribution in [0.5, 0.6) is 0 Å². The Morgan fingerprint density at radius 3 is 2.85 bits per heavy atom. The SMILES string of the molecule is CN(C)CCNCc1ccn(C)n1. The van der Waals surface area contributed by atoms with E-state index in [4.69, 9.17) is 0 Å². The summed E-state index contributed by atoms with van der Waals surface area (Å²) in [6, 6.07) is 2.03. The highest BCUT2D eigenvalue weighted by molar-refractivity contribution is 4.97. The summed E-state index contributed by atoms with van der Waals surface area (Å²) in [5.41, 5.74) is 1.10. The fourth-order valence-corrected chi connectivity index (χ4v) is 1.08. The number of hydrogen-bond acceptors (Lipinski definition) is 3. The number of nitrogens with zero attached hydrogens (tertiary/aromatic N) is 3. The molecular weight excluding hydrogens is 164 g/mol. The first-order valence-corrected chi connectivity index (χ1v) is 4.52. The van der Waals surface area contributed by atoms with Gasteiger partial charge in [-0.2, -0.15) is 5.10 Å². The van der Waals surface area contributed by atoms with Crippen LogP contribution < -0.4 is 5.32 Å². The molecule has 74 valence electrons. The van der Waals surface area contributed by atoms with Crippen LogP contribution in [0, 0.1) is 0 Å². The number of likely N-dealkylation sites (N-methyl/N-ethyl adjacent to an activating group) is 1. The van der Waals surface area contributed by atoms with Crippen molar-refractivity contribution in [3.8, 4) is 0 Å². The smallest absolute Gasteiger partial charge is 0.0762 e. The van der Waals surface area contributed by atoms with Crippen LogP contribution in [0.3, 0.4) is 0 Å². The average Bonchev–Trinajstić information content (AvgIpc) is 2.45. The zero-order valence-electron chi connectivity index (χ0n) is 8.62. The van der Waals surface area contributed by atoms with Gasteiger partial charge in [0.15, 0.2) is 0 Å². The monoisotopic (exact) mass is 182 g/mol. The summed E-state index contributed by atoms with van der Waals surface area (Å²) < 4.78 is 1.82. The number of hydrogen-bond donors (Lipinski definition) is 1. The van der Waals surface area contributed by atoms with Crippen molar-refractivity contribution in [2.24, 2.45) is 7.05 Å². The quantitative estimate of drug-likeness (QED) is 0.654. The van der Waals surface area contributed by atoms with Gasteiger partial charge in [-0.1, -0.05) is 0 Å². The molecule has 0 radical (unpaired) electrons. The summed E-state index contributed by atoms with van der Waals surface area (Å²) >= 11 is 0. The molecule has 0 aliphatic rings. The van der Waals surface area contributed by atoms with Crippen molar-refractivity contribution in [3.63, 3.8) is 0 Å². The van der Waals surface area contributed by atoms with E-state index in [-0.39, 0.29) is 0 Å². The lowest BCUT2D eigenvalue weighted by Gasteiger charge is -2.09. The third-order valence-corrected chi connectivity index (χ3v) is 1.81. The van der Waals surface area contributed by atoms with Gasteiger partial charge < -0.3 is 10.2 Å². The predicted molar refractivity (Wildman–Crippen MR) is 53.5 cm³/mol. The molecule has 1 N–H and O–H groups in total. The van der Waals surface area contributed by atoms with Crippen molar-refractivity contribution in [2.45, 2.75) is 6.54 Å². The summed E-state index contributed by atoms with van der Waals surface area (Å²) in [4.78, 5) is 2.16. The van der Waals surface area contributed by atoms with Gasteiger partial charge in [-0.15, -0.1) is 0 Å². The number of rotatable bonds is 5. The second-order valence-corrected chi connectivity index (χ2v) is 3.46. The van der Waals surface area contributed by atoms with E-state index in [9.17, 15) is 0 Å². The Morgan fingerprint density at radius 2 is 2.31 bits per heavy atom. The number of aromatic nitrogens is 2. The maximum absolute atomic E-state index is 4.27. The first-order chi connectivity index (χ1) is 6.18. The summed E-state index contributed by atoms with van der Waals surface area (Å²) in [6.07, 6.45) is 1.96. The van der Waals surface area contributed by atoms with Crippen LogP contribution >= 0.6 is 0 Å². The van der Waals surface area contributed by atoms with E-state index < -0.39 is 0 Å². The molecule has 0 aromatic carbocycles. The van der Waals surface area contributed by atoms with Gasteiger partial charge in [-0.05, 0) is 20.2 Å². The molecule has 1 aromatic heterocycles. The molecule has 0 aliphatic carbocycles. The van der Waals surface area contributed by atoms with Crippen LogP contribution in [0.1, 0.15) is 5.69 Å². The van der Waals surface area contributed by atoms with Crippen LogP contribution in [0.2, 0.25) is 0 Å². The number of nitrogens with one attached hydrogen (secondary N) is 1. The lowest BCUT2D eigenvalue weighted by molar-refractivity contribution is 0.399. The van der Waals surface area contributed by atoms with E-state index in [1.165, 1.54) is 0 Å². The topological polar surface area (TPSA) is 33.1 Å².